The molecule has 0 heterocycles. The van der Waals surface area contributed by atoms with Crippen molar-refractivity contribution in [1.29, 1.82) is 0 Å². The van der Waals surface area contributed by atoms with Crippen LogP contribution in [0.25, 0.3) is 0 Å². The molecule has 0 saturated heterocycles. The quantitative estimate of drug-likeness (QED) is 0.561. The minimum Gasteiger partial charge on any atom is -0.456 e. The number of ether oxygens (including phenoxy) is 1. The van der Waals surface area contributed by atoms with Gasteiger partial charge >= 0.3 is 5.97 Å². The van der Waals surface area contributed by atoms with Gasteiger partial charge in [-0.15, -0.1) is 0 Å². The second-order valence-corrected chi connectivity index (χ2v) is 10.0. The Kier molecular flexibility index (Phi) is 4.78. The largest absolute Gasteiger partial charge is 0.456 e. The molecule has 4 rings (SSSR count). The molecule has 5 heteroatoms. The van der Waals surface area contributed by atoms with E-state index in [0.717, 1.165) is 37.5 Å². The van der Waals surface area contributed by atoms with Gasteiger partial charge in [-0.1, -0.05) is 22.9 Å². The van der Waals surface area contributed by atoms with Gasteiger partial charge in [0.15, 0.2) is 6.61 Å². The molecule has 0 spiro atoms. The summed E-state index contributed by atoms with van der Waals surface area (Å²) < 4.78 is 5.51. The fourth-order valence-corrected chi connectivity index (χ4v) is 6.98. The van der Waals surface area contributed by atoms with Gasteiger partial charge in [0, 0.05) is 10.4 Å². The number of alkyl halides is 1. The summed E-state index contributed by atoms with van der Waals surface area (Å²) in [4.78, 5) is 24.0. The fourth-order valence-electron chi connectivity index (χ4n) is 5.46. The third kappa shape index (κ3) is 3.92. The van der Waals surface area contributed by atoms with Crippen LogP contribution in [0.4, 0.5) is 0 Å². The van der Waals surface area contributed by atoms with Crippen LogP contribution >= 0.6 is 15.9 Å². The molecule has 4 bridgehead atoms. The minimum atomic E-state index is -0.206. The third-order valence-corrected chi connectivity index (χ3v) is 6.94. The van der Waals surface area contributed by atoms with E-state index >= 15 is 0 Å². The second kappa shape index (κ2) is 6.38. The van der Waals surface area contributed by atoms with Gasteiger partial charge in [-0.3, -0.25) is 9.59 Å². The van der Waals surface area contributed by atoms with E-state index < -0.39 is 0 Å². The van der Waals surface area contributed by atoms with E-state index in [2.05, 4.69) is 21.2 Å². The molecule has 4 aliphatic rings. The topological polar surface area (TPSA) is 55.4 Å². The average molecular weight is 386 g/mol. The van der Waals surface area contributed by atoms with E-state index in [1.165, 1.54) is 19.3 Å². The molecule has 0 aromatic carbocycles. The molecule has 4 saturated carbocycles. The van der Waals surface area contributed by atoms with Crippen LogP contribution in [-0.2, 0) is 14.3 Å². The number of esters is 1. The maximum Gasteiger partial charge on any atom is 0.306 e. The molecule has 0 aliphatic heterocycles. The van der Waals surface area contributed by atoms with E-state index in [9.17, 15) is 9.59 Å². The van der Waals surface area contributed by atoms with Crippen molar-refractivity contribution in [3.05, 3.63) is 0 Å². The van der Waals surface area contributed by atoms with E-state index in [1.807, 2.05) is 13.8 Å². The third-order valence-electron chi connectivity index (χ3n) is 6.01. The van der Waals surface area contributed by atoms with Crippen molar-refractivity contribution in [1.82, 2.24) is 5.32 Å². The first-order valence-corrected chi connectivity index (χ1v) is 9.75. The number of carbonyl (C=O) groups is 2. The van der Waals surface area contributed by atoms with Crippen molar-refractivity contribution in [3.63, 3.8) is 0 Å². The van der Waals surface area contributed by atoms with Crippen molar-refractivity contribution in [2.45, 2.75) is 75.6 Å². The first kappa shape index (κ1) is 17.2. The summed E-state index contributed by atoms with van der Waals surface area (Å²) in [6.45, 7) is 3.82. The monoisotopic (exact) mass is 385 g/mol. The molecule has 0 unspecified atom stereocenters. The van der Waals surface area contributed by atoms with Crippen LogP contribution in [0.5, 0.6) is 0 Å². The smallest absolute Gasteiger partial charge is 0.306 e. The van der Waals surface area contributed by atoms with Crippen LogP contribution in [0.15, 0.2) is 0 Å². The highest BCUT2D eigenvalue weighted by Gasteiger charge is 2.57. The standard InChI is InChI=1S/C18H28BrNO3/c1-3-12(2)20-15(21)10-23-16(22)9-17-5-13-4-14(6-17)8-18(19,7-13)11-17/h12-14H,3-11H2,1-2H3,(H,20,21)/t12-,13-,14-,17?,18?/m0/s1. The Morgan fingerprint density at radius 2 is 1.91 bits per heavy atom. The second-order valence-electron chi connectivity index (χ2n) is 8.33. The summed E-state index contributed by atoms with van der Waals surface area (Å²) >= 11 is 3.96. The normalized spacial score (nSPS) is 39.1. The number of hydrogen-bond acceptors (Lipinski definition) is 3. The maximum absolute atomic E-state index is 12.3. The number of hydrogen-bond donors (Lipinski definition) is 1. The zero-order chi connectivity index (χ0) is 16.7. The van der Waals surface area contributed by atoms with Crippen molar-refractivity contribution in [2.75, 3.05) is 6.61 Å². The van der Waals surface area contributed by atoms with Gasteiger partial charge in [0.25, 0.3) is 5.91 Å². The molecule has 1 amide bonds. The zero-order valence-electron chi connectivity index (χ0n) is 14.2. The summed E-state index contributed by atoms with van der Waals surface area (Å²) in [6.07, 6.45) is 8.61. The summed E-state index contributed by atoms with van der Waals surface area (Å²) in [7, 11) is 0. The van der Waals surface area contributed by atoms with E-state index in [1.54, 1.807) is 0 Å². The first-order valence-electron chi connectivity index (χ1n) is 8.95. The highest BCUT2D eigenvalue weighted by atomic mass is 79.9. The zero-order valence-corrected chi connectivity index (χ0v) is 15.8. The lowest BCUT2D eigenvalue weighted by atomic mass is 9.49. The van der Waals surface area contributed by atoms with Crippen LogP contribution in [0.1, 0.15) is 65.2 Å². The minimum absolute atomic E-state index is 0.109. The Bertz CT molecular complexity index is 479. The first-order chi connectivity index (χ1) is 10.8. The number of halogens is 1. The van der Waals surface area contributed by atoms with Gasteiger partial charge < -0.3 is 10.1 Å². The predicted octanol–water partition coefficient (Wildman–Crippen LogP) is 3.57. The molecule has 4 nitrogen and oxygen atoms in total. The fraction of sp³-hybridized carbons (Fsp3) is 0.889. The lowest BCUT2D eigenvalue weighted by Gasteiger charge is -2.60. The molecule has 0 aromatic rings. The van der Waals surface area contributed by atoms with Gasteiger partial charge in [-0.05, 0) is 69.1 Å². The molecule has 23 heavy (non-hydrogen) atoms. The van der Waals surface area contributed by atoms with E-state index in [-0.39, 0.29) is 34.3 Å². The summed E-state index contributed by atoms with van der Waals surface area (Å²) in [5.41, 5.74) is 0.109. The van der Waals surface area contributed by atoms with Crippen LogP contribution < -0.4 is 5.32 Å². The lowest BCUT2D eigenvalue weighted by Crippen LogP contribution is -2.53. The van der Waals surface area contributed by atoms with Gasteiger partial charge in [-0.25, -0.2) is 0 Å². The molecule has 4 aliphatic carbocycles. The molecule has 0 aromatic heterocycles. The summed E-state index contributed by atoms with van der Waals surface area (Å²) in [6, 6.07) is 0.123. The number of nitrogens with one attached hydrogen (secondary N) is 1. The van der Waals surface area contributed by atoms with Gasteiger partial charge in [0.1, 0.15) is 0 Å². The van der Waals surface area contributed by atoms with Crippen LogP contribution in [0.3, 0.4) is 0 Å². The predicted molar refractivity (Wildman–Crippen MR) is 92.2 cm³/mol. The lowest BCUT2D eigenvalue weighted by molar-refractivity contribution is -0.154. The molecule has 0 radical (unpaired) electrons. The summed E-state index contributed by atoms with van der Waals surface area (Å²) in [5, 5.41) is 2.83. The van der Waals surface area contributed by atoms with Crippen LogP contribution in [0.2, 0.25) is 0 Å². The Hall–Kier alpha value is -0.580. The Morgan fingerprint density at radius 1 is 1.26 bits per heavy atom. The molecule has 4 fully saturated rings. The number of amides is 1. The van der Waals surface area contributed by atoms with Gasteiger partial charge in [-0.2, -0.15) is 0 Å². The molecular formula is C18H28BrNO3. The van der Waals surface area contributed by atoms with Crippen molar-refractivity contribution < 1.29 is 14.3 Å². The van der Waals surface area contributed by atoms with Crippen molar-refractivity contribution in [2.24, 2.45) is 17.3 Å². The van der Waals surface area contributed by atoms with Crippen molar-refractivity contribution in [3.8, 4) is 0 Å². The number of rotatable bonds is 6. The molecule has 130 valence electrons. The maximum atomic E-state index is 12.3. The Labute approximate surface area is 147 Å². The van der Waals surface area contributed by atoms with E-state index in [0.29, 0.717) is 6.42 Å². The van der Waals surface area contributed by atoms with Gasteiger partial charge in [0.05, 0.1) is 6.42 Å². The average Bonchev–Trinajstić information content (AvgIpc) is 2.41. The molecule has 1 N–H and O–H groups in total. The van der Waals surface area contributed by atoms with Crippen LogP contribution in [0, 0.1) is 17.3 Å². The Balaban J connectivity index is 1.51. The SMILES string of the molecule is CC[C@H](C)NC(=O)COC(=O)CC12C[C@@H]3C[C@H](CC(Br)(C3)C1)C2. The Morgan fingerprint density at radius 3 is 2.48 bits per heavy atom. The molecule has 3 atom stereocenters. The van der Waals surface area contributed by atoms with Crippen LogP contribution in [-0.4, -0.2) is 28.8 Å². The van der Waals surface area contributed by atoms with Gasteiger partial charge in [0.2, 0.25) is 0 Å². The molecular weight excluding hydrogens is 358 g/mol. The van der Waals surface area contributed by atoms with Crippen molar-refractivity contribution >= 4 is 27.8 Å². The van der Waals surface area contributed by atoms with E-state index in [4.69, 9.17) is 4.74 Å². The summed E-state index contributed by atoms with van der Waals surface area (Å²) in [5.74, 6) is 1.12. The highest BCUT2D eigenvalue weighted by Crippen LogP contribution is 2.65. The number of carbonyl (C=O) groups excluding carboxylic acids is 2. The highest BCUT2D eigenvalue weighted by molar-refractivity contribution is 9.10.